The van der Waals surface area contributed by atoms with Gasteiger partial charge in [-0.3, -0.25) is 9.59 Å². The van der Waals surface area contributed by atoms with Crippen LogP contribution in [0.5, 0.6) is 0 Å². The average molecular weight is 284 g/mol. The molecule has 104 valence electrons. The average Bonchev–Trinajstić information content (AvgIpc) is 2.31. The van der Waals surface area contributed by atoms with Crippen molar-refractivity contribution < 1.29 is 9.59 Å². The standard InChI is InChI=1S/C13H18ClN3O2/c1-17(2)8-7-15-12(18)9-13(19)16-11-5-3-10(14)4-6-11/h3-6H,7-9H2,1-2H3,(H,15,18)(H,16,19). The number of benzene rings is 1. The monoisotopic (exact) mass is 283 g/mol. The molecule has 19 heavy (non-hydrogen) atoms. The van der Waals surface area contributed by atoms with E-state index in [1.165, 1.54) is 0 Å². The molecular formula is C13H18ClN3O2. The van der Waals surface area contributed by atoms with E-state index in [1.807, 2.05) is 19.0 Å². The maximum absolute atomic E-state index is 11.6. The predicted octanol–water partition coefficient (Wildman–Crippen LogP) is 1.35. The van der Waals surface area contributed by atoms with Crippen molar-refractivity contribution in [2.24, 2.45) is 0 Å². The Bertz CT molecular complexity index is 432. The van der Waals surface area contributed by atoms with Gasteiger partial charge in [0.2, 0.25) is 11.8 Å². The SMILES string of the molecule is CN(C)CCNC(=O)CC(=O)Nc1ccc(Cl)cc1. The lowest BCUT2D eigenvalue weighted by Gasteiger charge is -2.10. The van der Waals surface area contributed by atoms with Gasteiger partial charge in [0, 0.05) is 23.8 Å². The third kappa shape index (κ3) is 6.79. The zero-order valence-electron chi connectivity index (χ0n) is 11.1. The van der Waals surface area contributed by atoms with Gasteiger partial charge >= 0.3 is 0 Å². The number of hydrogen-bond acceptors (Lipinski definition) is 3. The molecule has 2 amide bonds. The lowest BCUT2D eigenvalue weighted by atomic mass is 10.3. The zero-order valence-corrected chi connectivity index (χ0v) is 11.8. The molecule has 5 nitrogen and oxygen atoms in total. The molecule has 0 aromatic heterocycles. The first-order chi connectivity index (χ1) is 8.97. The molecule has 0 heterocycles. The van der Waals surface area contributed by atoms with Gasteiger partial charge in [0.05, 0.1) is 0 Å². The van der Waals surface area contributed by atoms with Crippen molar-refractivity contribution in [3.05, 3.63) is 29.3 Å². The van der Waals surface area contributed by atoms with E-state index in [9.17, 15) is 9.59 Å². The maximum atomic E-state index is 11.6. The summed E-state index contributed by atoms with van der Waals surface area (Å²) in [5.41, 5.74) is 0.621. The molecule has 0 unspecified atom stereocenters. The minimum absolute atomic E-state index is 0.184. The smallest absolute Gasteiger partial charge is 0.233 e. The van der Waals surface area contributed by atoms with Crippen LogP contribution < -0.4 is 10.6 Å². The molecule has 0 radical (unpaired) electrons. The summed E-state index contributed by atoms with van der Waals surface area (Å²) in [7, 11) is 3.83. The molecule has 0 fully saturated rings. The van der Waals surface area contributed by atoms with Crippen LogP contribution in [0.15, 0.2) is 24.3 Å². The molecule has 1 aromatic carbocycles. The quantitative estimate of drug-likeness (QED) is 0.775. The van der Waals surface area contributed by atoms with Crippen molar-refractivity contribution in [1.29, 1.82) is 0 Å². The van der Waals surface area contributed by atoms with E-state index >= 15 is 0 Å². The first-order valence-corrected chi connectivity index (χ1v) is 6.32. The van der Waals surface area contributed by atoms with Crippen LogP contribution in [0.25, 0.3) is 0 Å². The normalized spacial score (nSPS) is 10.3. The lowest BCUT2D eigenvalue weighted by molar-refractivity contribution is -0.126. The Balaban J connectivity index is 2.30. The molecule has 1 aromatic rings. The number of nitrogens with one attached hydrogen (secondary N) is 2. The molecule has 1 rings (SSSR count). The van der Waals surface area contributed by atoms with Crippen molar-refractivity contribution in [3.8, 4) is 0 Å². The van der Waals surface area contributed by atoms with Crippen LogP contribution >= 0.6 is 11.6 Å². The van der Waals surface area contributed by atoms with Crippen LogP contribution in [0.2, 0.25) is 5.02 Å². The van der Waals surface area contributed by atoms with E-state index in [4.69, 9.17) is 11.6 Å². The summed E-state index contributed by atoms with van der Waals surface area (Å²) < 4.78 is 0. The van der Waals surface area contributed by atoms with Crippen LogP contribution in [0.1, 0.15) is 6.42 Å². The van der Waals surface area contributed by atoms with Gasteiger partial charge in [-0.05, 0) is 38.4 Å². The van der Waals surface area contributed by atoms with Gasteiger partial charge in [0.25, 0.3) is 0 Å². The number of likely N-dealkylation sites (N-methyl/N-ethyl adjacent to an activating group) is 1. The molecule has 0 bridgehead atoms. The molecule has 6 heteroatoms. The van der Waals surface area contributed by atoms with E-state index in [2.05, 4.69) is 10.6 Å². The number of carbonyl (C=O) groups is 2. The van der Waals surface area contributed by atoms with Gasteiger partial charge in [-0.2, -0.15) is 0 Å². The molecule has 0 saturated heterocycles. The number of hydrogen-bond donors (Lipinski definition) is 2. The number of rotatable bonds is 6. The molecule has 0 aliphatic heterocycles. The summed E-state index contributed by atoms with van der Waals surface area (Å²) >= 11 is 5.73. The second-order valence-electron chi connectivity index (χ2n) is 4.39. The number of anilines is 1. The van der Waals surface area contributed by atoms with Crippen molar-refractivity contribution >= 4 is 29.1 Å². The topological polar surface area (TPSA) is 61.4 Å². The highest BCUT2D eigenvalue weighted by atomic mass is 35.5. The van der Waals surface area contributed by atoms with Gasteiger partial charge in [0.15, 0.2) is 0 Å². The molecule has 2 N–H and O–H groups in total. The largest absolute Gasteiger partial charge is 0.354 e. The van der Waals surface area contributed by atoms with Gasteiger partial charge < -0.3 is 15.5 Å². The first-order valence-electron chi connectivity index (χ1n) is 5.94. The van der Waals surface area contributed by atoms with Crippen molar-refractivity contribution in [1.82, 2.24) is 10.2 Å². The summed E-state index contributed by atoms with van der Waals surface area (Å²) in [6, 6.07) is 6.72. The number of amides is 2. The van der Waals surface area contributed by atoms with Crippen LogP contribution in [0.3, 0.4) is 0 Å². The highest BCUT2D eigenvalue weighted by molar-refractivity contribution is 6.30. The Labute approximate surface area is 117 Å². The van der Waals surface area contributed by atoms with Crippen LogP contribution in [-0.4, -0.2) is 43.9 Å². The Morgan fingerprint density at radius 1 is 1.16 bits per heavy atom. The van der Waals surface area contributed by atoms with Crippen LogP contribution in [0, 0.1) is 0 Å². The summed E-state index contributed by atoms with van der Waals surface area (Å²) in [5.74, 6) is -0.627. The van der Waals surface area contributed by atoms with Crippen LogP contribution in [0.4, 0.5) is 5.69 Å². The summed E-state index contributed by atoms with van der Waals surface area (Å²) in [6.07, 6.45) is -0.184. The van der Waals surface area contributed by atoms with Gasteiger partial charge in [-0.1, -0.05) is 11.6 Å². The van der Waals surface area contributed by atoms with E-state index < -0.39 is 0 Å². The van der Waals surface area contributed by atoms with E-state index in [0.717, 1.165) is 6.54 Å². The van der Waals surface area contributed by atoms with Crippen molar-refractivity contribution in [3.63, 3.8) is 0 Å². The second kappa shape index (κ2) is 7.76. The molecule has 0 atom stereocenters. The Kier molecular flexibility index (Phi) is 6.32. The van der Waals surface area contributed by atoms with E-state index in [-0.39, 0.29) is 18.2 Å². The van der Waals surface area contributed by atoms with Crippen LogP contribution in [-0.2, 0) is 9.59 Å². The fraction of sp³-hybridized carbons (Fsp3) is 0.385. The number of halogens is 1. The fourth-order valence-electron chi connectivity index (χ4n) is 1.37. The minimum atomic E-state index is -0.343. The first kappa shape index (κ1) is 15.5. The third-order valence-corrected chi connectivity index (χ3v) is 2.58. The molecule has 0 aliphatic rings. The molecule has 0 spiro atoms. The summed E-state index contributed by atoms with van der Waals surface area (Å²) in [4.78, 5) is 25.0. The predicted molar refractivity (Wildman–Crippen MR) is 76.3 cm³/mol. The molecule has 0 aliphatic carbocycles. The third-order valence-electron chi connectivity index (χ3n) is 2.33. The molecule has 0 saturated carbocycles. The zero-order chi connectivity index (χ0) is 14.3. The fourth-order valence-corrected chi connectivity index (χ4v) is 1.49. The van der Waals surface area contributed by atoms with Gasteiger partial charge in [0.1, 0.15) is 6.42 Å². The molecular weight excluding hydrogens is 266 g/mol. The summed E-state index contributed by atoms with van der Waals surface area (Å²) in [5, 5.41) is 5.90. The highest BCUT2D eigenvalue weighted by Gasteiger charge is 2.09. The van der Waals surface area contributed by atoms with E-state index in [0.29, 0.717) is 17.3 Å². The van der Waals surface area contributed by atoms with Gasteiger partial charge in [-0.25, -0.2) is 0 Å². The van der Waals surface area contributed by atoms with E-state index in [1.54, 1.807) is 24.3 Å². The maximum Gasteiger partial charge on any atom is 0.233 e. The Hall–Kier alpha value is -1.59. The number of nitrogens with zero attached hydrogens (tertiary/aromatic N) is 1. The Morgan fingerprint density at radius 3 is 2.37 bits per heavy atom. The van der Waals surface area contributed by atoms with Gasteiger partial charge in [-0.15, -0.1) is 0 Å². The number of carbonyl (C=O) groups excluding carboxylic acids is 2. The summed E-state index contributed by atoms with van der Waals surface area (Å²) in [6.45, 7) is 1.27. The minimum Gasteiger partial charge on any atom is -0.354 e. The second-order valence-corrected chi connectivity index (χ2v) is 4.82. The lowest BCUT2D eigenvalue weighted by Crippen LogP contribution is -2.33. The van der Waals surface area contributed by atoms with Crippen molar-refractivity contribution in [2.75, 3.05) is 32.5 Å². The van der Waals surface area contributed by atoms with Crippen molar-refractivity contribution in [2.45, 2.75) is 6.42 Å². The Morgan fingerprint density at radius 2 is 1.79 bits per heavy atom. The highest BCUT2D eigenvalue weighted by Crippen LogP contribution is 2.13.